The van der Waals surface area contributed by atoms with E-state index in [-0.39, 0.29) is 27.7 Å². The topological polar surface area (TPSA) is 63.0 Å². The number of ketones is 1. The molecule has 0 atom stereocenters. The van der Waals surface area contributed by atoms with E-state index in [1.807, 2.05) is 6.07 Å². The lowest BCUT2D eigenvalue weighted by molar-refractivity contribution is -0.141. The Bertz CT molecular complexity index is 1260. The number of methoxy groups -OCH3 is 1. The van der Waals surface area contributed by atoms with Gasteiger partial charge in [-0.2, -0.15) is 18.4 Å². The number of alkyl halides is 3. The highest BCUT2D eigenvalue weighted by Gasteiger charge is 2.34. The molecule has 0 N–H and O–H groups in total. The first-order valence-corrected chi connectivity index (χ1v) is 11.6. The molecule has 0 aliphatic carbocycles. The van der Waals surface area contributed by atoms with E-state index in [4.69, 9.17) is 16.3 Å². The highest BCUT2D eigenvalue weighted by atomic mass is 35.5. The minimum Gasteiger partial charge on any atom is -0.496 e. The number of halogens is 4. The van der Waals surface area contributed by atoms with Crippen LogP contribution in [0, 0.1) is 18.3 Å². The van der Waals surface area contributed by atoms with E-state index in [0.717, 1.165) is 17.8 Å². The number of benzene rings is 1. The van der Waals surface area contributed by atoms with Gasteiger partial charge in [-0.1, -0.05) is 23.7 Å². The van der Waals surface area contributed by atoms with Crippen LogP contribution in [-0.4, -0.2) is 17.9 Å². The van der Waals surface area contributed by atoms with Crippen LogP contribution in [0.1, 0.15) is 37.6 Å². The summed E-state index contributed by atoms with van der Waals surface area (Å²) in [7, 11) is 1.48. The van der Waals surface area contributed by atoms with E-state index in [1.165, 1.54) is 31.4 Å². The Kier molecular flexibility index (Phi) is 7.84. The Hall–Kier alpha value is -2.80. The predicted octanol–water partition coefficient (Wildman–Crippen LogP) is 7.19. The van der Waals surface area contributed by atoms with Crippen LogP contribution in [0.4, 0.5) is 13.2 Å². The van der Waals surface area contributed by atoms with Crippen molar-refractivity contribution in [1.29, 1.82) is 5.26 Å². The summed E-state index contributed by atoms with van der Waals surface area (Å²) in [4.78, 5) is 16.5. The van der Waals surface area contributed by atoms with Crippen LogP contribution in [0.15, 0.2) is 47.5 Å². The van der Waals surface area contributed by atoms with Gasteiger partial charge >= 0.3 is 6.18 Å². The number of thioether (sulfide) groups is 1. The van der Waals surface area contributed by atoms with Gasteiger partial charge in [0.15, 0.2) is 5.78 Å². The summed E-state index contributed by atoms with van der Waals surface area (Å²) in [6.07, 6.45) is -1.56. The third kappa shape index (κ3) is 6.16. The third-order valence-corrected chi connectivity index (χ3v) is 6.77. The van der Waals surface area contributed by atoms with Crippen molar-refractivity contribution in [2.24, 2.45) is 0 Å². The zero-order valence-electron chi connectivity index (χ0n) is 17.4. The van der Waals surface area contributed by atoms with Crippen molar-refractivity contribution in [3.8, 4) is 11.8 Å². The molecule has 0 aliphatic heterocycles. The lowest BCUT2D eigenvalue weighted by atomic mass is 10.1. The second-order valence-corrected chi connectivity index (χ2v) is 9.45. The number of nitriles is 1. The first-order valence-electron chi connectivity index (χ1n) is 9.38. The van der Waals surface area contributed by atoms with Gasteiger partial charge in [-0.05, 0) is 54.5 Å². The fourth-order valence-electron chi connectivity index (χ4n) is 2.89. The van der Waals surface area contributed by atoms with Crippen LogP contribution in [0.5, 0.6) is 5.75 Å². The Labute approximate surface area is 201 Å². The molecule has 3 rings (SSSR count). The highest BCUT2D eigenvalue weighted by molar-refractivity contribution is 7.98. The summed E-state index contributed by atoms with van der Waals surface area (Å²) >= 11 is 8.06. The molecule has 3 aromatic rings. The molecular formula is C23H16ClF3N2O2S2. The number of hydrogen-bond donors (Lipinski definition) is 0. The first kappa shape index (κ1) is 24.8. The van der Waals surface area contributed by atoms with Crippen molar-refractivity contribution in [2.45, 2.75) is 23.9 Å². The number of pyridine rings is 1. The Balaban J connectivity index is 1.85. The van der Waals surface area contributed by atoms with E-state index < -0.39 is 11.9 Å². The minimum atomic E-state index is -4.62. The van der Waals surface area contributed by atoms with Crippen LogP contribution in [-0.2, 0) is 11.9 Å². The lowest BCUT2D eigenvalue weighted by Gasteiger charge is -2.13. The standard InChI is InChI=1S/C23H16ClF3N2O2S2/c1-13-9-20(23(25,26)27)29-22(16(13)11-28)32-12-15-10-14(4-6-18(15)31-2)3-5-17(30)19-7-8-21(24)33-19/h3-10H,12H2,1-2H3/b5-3+. The molecule has 0 fully saturated rings. The summed E-state index contributed by atoms with van der Waals surface area (Å²) in [5, 5.41) is 9.39. The number of aryl methyl sites for hydroxylation is 1. The normalized spacial score (nSPS) is 11.5. The van der Waals surface area contributed by atoms with Crippen molar-refractivity contribution in [2.75, 3.05) is 7.11 Å². The molecule has 33 heavy (non-hydrogen) atoms. The van der Waals surface area contributed by atoms with Gasteiger partial charge in [-0.25, -0.2) is 4.98 Å². The first-order chi connectivity index (χ1) is 15.6. The molecule has 1 aromatic carbocycles. The van der Waals surface area contributed by atoms with Gasteiger partial charge in [0.2, 0.25) is 0 Å². The van der Waals surface area contributed by atoms with E-state index in [9.17, 15) is 23.2 Å². The second-order valence-electron chi connectivity index (χ2n) is 6.78. The predicted molar refractivity (Wildman–Crippen MR) is 124 cm³/mol. The van der Waals surface area contributed by atoms with Crippen molar-refractivity contribution >= 4 is 46.6 Å². The molecule has 0 radical (unpaired) electrons. The van der Waals surface area contributed by atoms with E-state index in [1.54, 1.807) is 36.4 Å². The molecule has 0 spiro atoms. The number of carbonyl (C=O) groups excluding carboxylic acids is 1. The van der Waals surface area contributed by atoms with Gasteiger partial charge in [0, 0.05) is 11.3 Å². The number of thiophene rings is 1. The average molecular weight is 509 g/mol. The fourth-order valence-corrected chi connectivity index (χ4v) is 4.89. The number of hydrogen-bond acceptors (Lipinski definition) is 6. The van der Waals surface area contributed by atoms with Crippen molar-refractivity contribution in [1.82, 2.24) is 4.98 Å². The molecule has 0 amide bonds. The van der Waals surface area contributed by atoms with Crippen molar-refractivity contribution < 1.29 is 22.7 Å². The number of ether oxygens (including phenoxy) is 1. The van der Waals surface area contributed by atoms with Gasteiger partial charge in [0.25, 0.3) is 0 Å². The molecule has 2 heterocycles. The fraction of sp³-hybridized carbons (Fsp3) is 0.174. The van der Waals surface area contributed by atoms with Crippen LogP contribution in [0.25, 0.3) is 6.08 Å². The van der Waals surface area contributed by atoms with Crippen molar-refractivity contribution in [3.05, 3.63) is 79.6 Å². The summed E-state index contributed by atoms with van der Waals surface area (Å²) in [5.74, 6) is 0.543. The zero-order chi connectivity index (χ0) is 24.2. The van der Waals surface area contributed by atoms with Gasteiger partial charge in [0.05, 0.1) is 21.9 Å². The maximum absolute atomic E-state index is 13.2. The summed E-state index contributed by atoms with van der Waals surface area (Å²) < 4.78 is 45.4. The molecular weight excluding hydrogens is 493 g/mol. The van der Waals surface area contributed by atoms with Gasteiger partial charge in [-0.3, -0.25) is 4.79 Å². The number of aromatic nitrogens is 1. The number of rotatable bonds is 7. The molecule has 4 nitrogen and oxygen atoms in total. The molecule has 0 aliphatic rings. The summed E-state index contributed by atoms with van der Waals surface area (Å²) in [5.41, 5.74) is 0.645. The molecule has 0 saturated carbocycles. The van der Waals surface area contributed by atoms with E-state index in [0.29, 0.717) is 26.1 Å². The number of carbonyl (C=O) groups is 1. The Morgan fingerprint density at radius 2 is 2.06 bits per heavy atom. The SMILES string of the molecule is COc1ccc(/C=C/C(=O)c2ccc(Cl)s2)cc1CSc1nc(C(F)(F)F)cc(C)c1C#N. The van der Waals surface area contributed by atoms with Gasteiger partial charge in [0.1, 0.15) is 22.5 Å². The Morgan fingerprint density at radius 3 is 2.67 bits per heavy atom. The molecule has 0 saturated heterocycles. The smallest absolute Gasteiger partial charge is 0.433 e. The van der Waals surface area contributed by atoms with Gasteiger partial charge in [-0.15, -0.1) is 23.1 Å². The van der Waals surface area contributed by atoms with Crippen LogP contribution in [0.2, 0.25) is 4.34 Å². The van der Waals surface area contributed by atoms with Crippen molar-refractivity contribution in [3.63, 3.8) is 0 Å². The minimum absolute atomic E-state index is 0.00225. The highest BCUT2D eigenvalue weighted by Crippen LogP contribution is 2.35. The quantitative estimate of drug-likeness (QED) is 0.192. The van der Waals surface area contributed by atoms with E-state index >= 15 is 0 Å². The molecule has 10 heteroatoms. The van der Waals surface area contributed by atoms with Gasteiger partial charge < -0.3 is 4.74 Å². The van der Waals surface area contributed by atoms with E-state index in [2.05, 4.69) is 4.98 Å². The number of nitrogens with zero attached hydrogens (tertiary/aromatic N) is 2. The maximum atomic E-state index is 13.2. The van der Waals surface area contributed by atoms with Crippen LogP contribution >= 0.6 is 34.7 Å². The lowest BCUT2D eigenvalue weighted by Crippen LogP contribution is -2.10. The Morgan fingerprint density at radius 1 is 1.30 bits per heavy atom. The average Bonchev–Trinajstić information content (AvgIpc) is 3.21. The second kappa shape index (κ2) is 10.4. The monoisotopic (exact) mass is 508 g/mol. The largest absolute Gasteiger partial charge is 0.496 e. The summed E-state index contributed by atoms with van der Waals surface area (Å²) in [6.45, 7) is 1.45. The zero-order valence-corrected chi connectivity index (χ0v) is 19.8. The molecule has 2 aromatic heterocycles. The number of allylic oxidation sites excluding steroid dienone is 1. The molecule has 0 bridgehead atoms. The molecule has 170 valence electrons. The van der Waals surface area contributed by atoms with Crippen LogP contribution < -0.4 is 4.74 Å². The van der Waals surface area contributed by atoms with Crippen LogP contribution in [0.3, 0.4) is 0 Å². The summed E-state index contributed by atoms with van der Waals surface area (Å²) in [6, 6.07) is 11.3. The molecule has 0 unspecified atom stereocenters. The third-order valence-electron chi connectivity index (χ3n) is 4.50. The maximum Gasteiger partial charge on any atom is 0.433 e.